The number of nitrogen functional groups attached to an aromatic ring is 1. The van der Waals surface area contributed by atoms with E-state index in [4.69, 9.17) is 22.1 Å². The predicted octanol–water partition coefficient (Wildman–Crippen LogP) is 4.06. The number of hydrogen-bond acceptors (Lipinski definition) is 2. The topological polar surface area (TPSA) is 35.2 Å². The van der Waals surface area contributed by atoms with Gasteiger partial charge in [0.2, 0.25) is 0 Å². The first-order valence-corrected chi connectivity index (χ1v) is 6.33. The van der Waals surface area contributed by atoms with Crippen LogP contribution in [-0.2, 0) is 13.0 Å². The van der Waals surface area contributed by atoms with E-state index in [1.165, 1.54) is 5.56 Å². The maximum Gasteiger partial charge on any atom is 0.122 e. The van der Waals surface area contributed by atoms with Crippen molar-refractivity contribution in [3.8, 4) is 5.75 Å². The Balaban J connectivity index is 2.16. The summed E-state index contributed by atoms with van der Waals surface area (Å²) in [4.78, 5) is 0. The number of benzene rings is 2. The van der Waals surface area contributed by atoms with Crippen molar-refractivity contribution in [2.45, 2.75) is 20.0 Å². The van der Waals surface area contributed by atoms with Crippen LogP contribution < -0.4 is 10.5 Å². The van der Waals surface area contributed by atoms with Crippen LogP contribution in [0.15, 0.2) is 42.5 Å². The van der Waals surface area contributed by atoms with E-state index >= 15 is 0 Å². The van der Waals surface area contributed by atoms with E-state index in [9.17, 15) is 0 Å². The fourth-order valence-electron chi connectivity index (χ4n) is 1.81. The largest absolute Gasteiger partial charge is 0.488 e. The smallest absolute Gasteiger partial charge is 0.122 e. The Kier molecular flexibility index (Phi) is 4.11. The van der Waals surface area contributed by atoms with Gasteiger partial charge in [-0.05, 0) is 30.2 Å². The van der Waals surface area contributed by atoms with Crippen LogP contribution in [0.3, 0.4) is 0 Å². The number of aryl methyl sites for hydroxylation is 1. The number of nitrogens with two attached hydrogens (primary N) is 1. The molecule has 2 aromatic rings. The van der Waals surface area contributed by atoms with E-state index in [1.807, 2.05) is 36.4 Å². The van der Waals surface area contributed by atoms with Gasteiger partial charge in [-0.2, -0.15) is 0 Å². The van der Waals surface area contributed by atoms with Gasteiger partial charge in [-0.1, -0.05) is 42.8 Å². The van der Waals surface area contributed by atoms with Crippen LogP contribution in [0.2, 0.25) is 5.02 Å². The molecule has 0 heterocycles. The van der Waals surface area contributed by atoms with E-state index < -0.39 is 0 Å². The monoisotopic (exact) mass is 261 g/mol. The summed E-state index contributed by atoms with van der Waals surface area (Å²) in [5, 5.41) is 0.643. The SMILES string of the molecule is CCc1ccccc1OCc1c(N)cccc1Cl. The van der Waals surface area contributed by atoms with E-state index in [1.54, 1.807) is 0 Å². The van der Waals surface area contributed by atoms with Gasteiger partial charge < -0.3 is 10.5 Å². The lowest BCUT2D eigenvalue weighted by molar-refractivity contribution is 0.304. The molecule has 2 aromatic carbocycles. The molecule has 0 saturated heterocycles. The average molecular weight is 262 g/mol. The van der Waals surface area contributed by atoms with Crippen molar-refractivity contribution in [2.75, 3.05) is 5.73 Å². The van der Waals surface area contributed by atoms with Gasteiger partial charge >= 0.3 is 0 Å². The molecule has 0 fully saturated rings. The van der Waals surface area contributed by atoms with Gasteiger partial charge in [0.15, 0.2) is 0 Å². The molecule has 0 radical (unpaired) electrons. The Morgan fingerprint density at radius 1 is 1.11 bits per heavy atom. The van der Waals surface area contributed by atoms with Crippen LogP contribution in [0.1, 0.15) is 18.1 Å². The number of rotatable bonds is 4. The molecule has 0 unspecified atom stereocenters. The molecule has 3 heteroatoms. The number of ether oxygens (including phenoxy) is 1. The minimum absolute atomic E-state index is 0.391. The Hall–Kier alpha value is -1.67. The van der Waals surface area contributed by atoms with Gasteiger partial charge in [0.05, 0.1) is 0 Å². The summed E-state index contributed by atoms with van der Waals surface area (Å²) in [5.41, 5.74) is 8.58. The highest BCUT2D eigenvalue weighted by molar-refractivity contribution is 6.31. The normalized spacial score (nSPS) is 10.3. The zero-order valence-corrected chi connectivity index (χ0v) is 11.1. The van der Waals surface area contributed by atoms with Crippen LogP contribution >= 0.6 is 11.6 Å². The third-order valence-electron chi connectivity index (χ3n) is 2.88. The molecule has 0 aliphatic rings. The quantitative estimate of drug-likeness (QED) is 0.843. The summed E-state index contributed by atoms with van der Waals surface area (Å²) < 4.78 is 5.81. The second kappa shape index (κ2) is 5.78. The summed E-state index contributed by atoms with van der Waals surface area (Å²) in [6.45, 7) is 2.49. The first-order valence-electron chi connectivity index (χ1n) is 5.96. The van der Waals surface area contributed by atoms with Crippen LogP contribution in [0.4, 0.5) is 5.69 Å². The van der Waals surface area contributed by atoms with Gasteiger partial charge in [0, 0.05) is 16.3 Å². The van der Waals surface area contributed by atoms with Crippen molar-refractivity contribution in [1.29, 1.82) is 0 Å². The van der Waals surface area contributed by atoms with Gasteiger partial charge in [0.1, 0.15) is 12.4 Å². The van der Waals surface area contributed by atoms with Crippen LogP contribution in [0.25, 0.3) is 0 Å². The molecule has 18 heavy (non-hydrogen) atoms. The second-order valence-electron chi connectivity index (χ2n) is 4.06. The van der Waals surface area contributed by atoms with Crippen molar-refractivity contribution in [2.24, 2.45) is 0 Å². The molecule has 2 rings (SSSR count). The Morgan fingerprint density at radius 2 is 1.89 bits per heavy atom. The molecule has 2 N–H and O–H groups in total. The van der Waals surface area contributed by atoms with Gasteiger partial charge in [-0.25, -0.2) is 0 Å². The summed E-state index contributed by atoms with van der Waals surface area (Å²) in [6, 6.07) is 13.5. The highest BCUT2D eigenvalue weighted by Gasteiger charge is 2.07. The van der Waals surface area contributed by atoms with Gasteiger partial charge in [-0.3, -0.25) is 0 Å². The van der Waals surface area contributed by atoms with Crippen molar-refractivity contribution >= 4 is 17.3 Å². The maximum atomic E-state index is 6.11. The molecule has 2 nitrogen and oxygen atoms in total. The van der Waals surface area contributed by atoms with Crippen LogP contribution in [-0.4, -0.2) is 0 Å². The molecule has 0 amide bonds. The van der Waals surface area contributed by atoms with E-state index in [-0.39, 0.29) is 0 Å². The van der Waals surface area contributed by atoms with Crippen LogP contribution in [0.5, 0.6) is 5.75 Å². The molecule has 0 spiro atoms. The Labute approximate surface area is 112 Å². The van der Waals surface area contributed by atoms with E-state index in [2.05, 4.69) is 13.0 Å². The van der Waals surface area contributed by atoms with Crippen molar-refractivity contribution < 1.29 is 4.74 Å². The van der Waals surface area contributed by atoms with Crippen molar-refractivity contribution in [3.63, 3.8) is 0 Å². The molecular weight excluding hydrogens is 246 g/mol. The zero-order chi connectivity index (χ0) is 13.0. The molecule has 0 bridgehead atoms. The highest BCUT2D eigenvalue weighted by atomic mass is 35.5. The summed E-state index contributed by atoms with van der Waals surface area (Å²) in [7, 11) is 0. The third kappa shape index (κ3) is 2.77. The molecule has 0 aliphatic carbocycles. The number of halogens is 1. The molecule has 0 aromatic heterocycles. The lowest BCUT2D eigenvalue weighted by Crippen LogP contribution is -2.02. The second-order valence-corrected chi connectivity index (χ2v) is 4.46. The van der Waals surface area contributed by atoms with Gasteiger partial charge in [0.25, 0.3) is 0 Å². The number of hydrogen-bond donors (Lipinski definition) is 1. The molecule has 0 atom stereocenters. The Morgan fingerprint density at radius 3 is 2.61 bits per heavy atom. The first-order chi connectivity index (χ1) is 8.72. The fraction of sp³-hybridized carbons (Fsp3) is 0.200. The minimum atomic E-state index is 0.391. The zero-order valence-electron chi connectivity index (χ0n) is 10.3. The summed E-state index contributed by atoms with van der Waals surface area (Å²) >= 11 is 6.11. The molecule has 0 aliphatic heterocycles. The van der Waals surface area contributed by atoms with E-state index in [0.29, 0.717) is 17.3 Å². The lowest BCUT2D eigenvalue weighted by atomic mass is 10.1. The molecular formula is C15H16ClNO. The Bertz CT molecular complexity index is 520. The van der Waals surface area contributed by atoms with Crippen molar-refractivity contribution in [1.82, 2.24) is 0 Å². The minimum Gasteiger partial charge on any atom is -0.488 e. The average Bonchev–Trinajstić information content (AvgIpc) is 2.38. The summed E-state index contributed by atoms with van der Waals surface area (Å²) in [5.74, 6) is 0.888. The standard InChI is InChI=1S/C15H16ClNO/c1-2-11-6-3-4-9-15(11)18-10-12-13(16)7-5-8-14(12)17/h3-9H,2,10,17H2,1H3. The molecule has 0 saturated carbocycles. The first kappa shape index (κ1) is 12.8. The van der Waals surface area contributed by atoms with Gasteiger partial charge in [-0.15, -0.1) is 0 Å². The molecule has 94 valence electrons. The third-order valence-corrected chi connectivity index (χ3v) is 3.23. The number of para-hydroxylation sites is 1. The number of anilines is 1. The van der Waals surface area contributed by atoms with Crippen molar-refractivity contribution in [3.05, 3.63) is 58.6 Å². The maximum absolute atomic E-state index is 6.11. The fourth-order valence-corrected chi connectivity index (χ4v) is 2.05. The predicted molar refractivity (Wildman–Crippen MR) is 76.0 cm³/mol. The highest BCUT2D eigenvalue weighted by Crippen LogP contribution is 2.25. The lowest BCUT2D eigenvalue weighted by Gasteiger charge is -2.12. The van der Waals surface area contributed by atoms with E-state index in [0.717, 1.165) is 17.7 Å². The summed E-state index contributed by atoms with van der Waals surface area (Å²) in [6.07, 6.45) is 0.939. The van der Waals surface area contributed by atoms with Crippen LogP contribution in [0, 0.1) is 0 Å².